The number of carbonyl (C=O) groups excluding carboxylic acids is 1. The van der Waals surface area contributed by atoms with E-state index >= 15 is 0 Å². The van der Waals surface area contributed by atoms with Gasteiger partial charge >= 0.3 is 0 Å². The van der Waals surface area contributed by atoms with Crippen molar-refractivity contribution in [2.45, 2.75) is 25.4 Å². The van der Waals surface area contributed by atoms with Crippen LogP contribution in [0.2, 0.25) is 5.02 Å². The standard InChI is InChI=1S/C16H23ClN2O2/c1-18-15(20)7-9-21-16(13-5-3-8-19-11-13)12-4-2-6-14(17)10-12/h2,4,6,10,13,16,19H,3,5,7-9,11H2,1H3,(H,18,20)/t13-,16?/m1/s1. The van der Waals surface area contributed by atoms with Gasteiger partial charge in [-0.15, -0.1) is 0 Å². The van der Waals surface area contributed by atoms with Crippen molar-refractivity contribution in [2.75, 3.05) is 26.7 Å². The summed E-state index contributed by atoms with van der Waals surface area (Å²) >= 11 is 6.10. The van der Waals surface area contributed by atoms with Crippen LogP contribution in [0.1, 0.15) is 30.9 Å². The zero-order valence-electron chi connectivity index (χ0n) is 12.4. The number of halogens is 1. The van der Waals surface area contributed by atoms with Crippen molar-refractivity contribution in [1.82, 2.24) is 10.6 Å². The fourth-order valence-electron chi connectivity index (χ4n) is 2.73. The third kappa shape index (κ3) is 4.99. The van der Waals surface area contributed by atoms with Crippen LogP contribution in [0.25, 0.3) is 0 Å². The highest BCUT2D eigenvalue weighted by Gasteiger charge is 2.26. The molecule has 0 aliphatic carbocycles. The molecule has 1 fully saturated rings. The summed E-state index contributed by atoms with van der Waals surface area (Å²) < 4.78 is 6.04. The van der Waals surface area contributed by atoms with Crippen molar-refractivity contribution in [3.63, 3.8) is 0 Å². The van der Waals surface area contributed by atoms with E-state index in [1.807, 2.05) is 24.3 Å². The van der Waals surface area contributed by atoms with E-state index in [1.165, 1.54) is 0 Å². The Balaban J connectivity index is 2.04. The summed E-state index contributed by atoms with van der Waals surface area (Å²) in [6, 6.07) is 7.82. The number of amides is 1. The summed E-state index contributed by atoms with van der Waals surface area (Å²) in [6.07, 6.45) is 2.65. The molecule has 116 valence electrons. The van der Waals surface area contributed by atoms with Gasteiger partial charge in [-0.05, 0) is 37.1 Å². The second-order valence-electron chi connectivity index (χ2n) is 5.38. The highest BCUT2D eigenvalue weighted by atomic mass is 35.5. The molecule has 0 aromatic heterocycles. The van der Waals surface area contributed by atoms with E-state index in [-0.39, 0.29) is 12.0 Å². The number of hydrogen-bond acceptors (Lipinski definition) is 3. The zero-order valence-corrected chi connectivity index (χ0v) is 13.2. The Kier molecular flexibility index (Phi) is 6.49. The summed E-state index contributed by atoms with van der Waals surface area (Å²) in [6.45, 7) is 2.43. The van der Waals surface area contributed by atoms with Crippen molar-refractivity contribution in [2.24, 2.45) is 5.92 Å². The largest absolute Gasteiger partial charge is 0.373 e. The number of ether oxygens (including phenoxy) is 1. The maximum absolute atomic E-state index is 11.3. The van der Waals surface area contributed by atoms with Gasteiger partial charge in [0.1, 0.15) is 0 Å². The van der Waals surface area contributed by atoms with E-state index in [0.29, 0.717) is 18.9 Å². The molecule has 1 aliphatic rings. The molecule has 2 rings (SSSR count). The molecule has 1 amide bonds. The molecule has 1 saturated heterocycles. The first-order valence-electron chi connectivity index (χ1n) is 7.49. The van der Waals surface area contributed by atoms with Gasteiger partial charge < -0.3 is 15.4 Å². The Morgan fingerprint density at radius 2 is 2.43 bits per heavy atom. The lowest BCUT2D eigenvalue weighted by Crippen LogP contribution is -2.34. The van der Waals surface area contributed by atoms with Crippen molar-refractivity contribution < 1.29 is 9.53 Å². The number of nitrogens with one attached hydrogen (secondary N) is 2. The summed E-state index contributed by atoms with van der Waals surface area (Å²) in [7, 11) is 1.64. The molecule has 1 aliphatic heterocycles. The van der Waals surface area contributed by atoms with Crippen molar-refractivity contribution >= 4 is 17.5 Å². The average molecular weight is 311 g/mol. The molecule has 1 heterocycles. The highest BCUT2D eigenvalue weighted by Crippen LogP contribution is 2.32. The highest BCUT2D eigenvalue weighted by molar-refractivity contribution is 6.30. The minimum absolute atomic E-state index is 0.00149. The van der Waals surface area contributed by atoms with Crippen LogP contribution in [0, 0.1) is 5.92 Å². The van der Waals surface area contributed by atoms with Crippen LogP contribution in [-0.2, 0) is 9.53 Å². The number of piperidine rings is 1. The van der Waals surface area contributed by atoms with Gasteiger partial charge in [0.05, 0.1) is 12.7 Å². The van der Waals surface area contributed by atoms with Gasteiger partial charge in [0.15, 0.2) is 0 Å². The topological polar surface area (TPSA) is 50.4 Å². The van der Waals surface area contributed by atoms with Crippen LogP contribution in [0.3, 0.4) is 0 Å². The molecule has 1 unspecified atom stereocenters. The normalized spacial score (nSPS) is 20.0. The fourth-order valence-corrected chi connectivity index (χ4v) is 2.93. The van der Waals surface area contributed by atoms with Crippen LogP contribution in [0.15, 0.2) is 24.3 Å². The van der Waals surface area contributed by atoms with Crippen LogP contribution in [-0.4, -0.2) is 32.7 Å². The van der Waals surface area contributed by atoms with Gasteiger partial charge in [0.25, 0.3) is 0 Å². The quantitative estimate of drug-likeness (QED) is 0.849. The molecule has 2 N–H and O–H groups in total. The maximum Gasteiger partial charge on any atom is 0.222 e. The van der Waals surface area contributed by atoms with E-state index in [0.717, 1.165) is 36.5 Å². The molecule has 0 bridgehead atoms. The lowest BCUT2D eigenvalue weighted by Gasteiger charge is -2.31. The second-order valence-corrected chi connectivity index (χ2v) is 5.81. The van der Waals surface area contributed by atoms with E-state index in [9.17, 15) is 4.79 Å². The second kappa shape index (κ2) is 8.37. The first-order chi connectivity index (χ1) is 10.2. The Morgan fingerprint density at radius 3 is 3.10 bits per heavy atom. The van der Waals surface area contributed by atoms with E-state index < -0.39 is 0 Å². The van der Waals surface area contributed by atoms with Gasteiger partial charge in [0, 0.05) is 31.0 Å². The third-order valence-electron chi connectivity index (χ3n) is 3.85. The number of rotatable bonds is 6. The summed E-state index contributed by atoms with van der Waals surface area (Å²) in [5, 5.41) is 6.75. The number of hydrogen-bond donors (Lipinski definition) is 2. The molecule has 1 aromatic carbocycles. The molecular weight excluding hydrogens is 288 g/mol. The van der Waals surface area contributed by atoms with Gasteiger partial charge in [-0.1, -0.05) is 23.7 Å². The number of carbonyl (C=O) groups is 1. The monoisotopic (exact) mass is 310 g/mol. The third-order valence-corrected chi connectivity index (χ3v) is 4.08. The zero-order chi connectivity index (χ0) is 15.1. The van der Waals surface area contributed by atoms with E-state index in [1.54, 1.807) is 7.05 Å². The van der Waals surface area contributed by atoms with Crippen molar-refractivity contribution in [3.05, 3.63) is 34.9 Å². The summed E-state index contributed by atoms with van der Waals surface area (Å²) in [4.78, 5) is 11.3. The molecule has 4 nitrogen and oxygen atoms in total. The van der Waals surface area contributed by atoms with Crippen LogP contribution < -0.4 is 10.6 Å². The molecular formula is C16H23ClN2O2. The lowest BCUT2D eigenvalue weighted by atomic mass is 9.89. The lowest BCUT2D eigenvalue weighted by molar-refractivity contribution is -0.122. The van der Waals surface area contributed by atoms with E-state index in [2.05, 4.69) is 10.6 Å². The van der Waals surface area contributed by atoms with Gasteiger partial charge in [0.2, 0.25) is 5.91 Å². The SMILES string of the molecule is CNC(=O)CCOC(c1cccc(Cl)c1)[C@@H]1CCCNC1. The minimum Gasteiger partial charge on any atom is -0.373 e. The summed E-state index contributed by atoms with van der Waals surface area (Å²) in [5.41, 5.74) is 1.09. The Hall–Kier alpha value is -1.10. The first-order valence-corrected chi connectivity index (χ1v) is 7.87. The van der Waals surface area contributed by atoms with Crippen molar-refractivity contribution in [3.8, 4) is 0 Å². The first kappa shape index (κ1) is 16.3. The fraction of sp³-hybridized carbons (Fsp3) is 0.562. The van der Waals surface area contributed by atoms with Gasteiger partial charge in [-0.25, -0.2) is 0 Å². The van der Waals surface area contributed by atoms with Crippen molar-refractivity contribution in [1.29, 1.82) is 0 Å². The Morgan fingerprint density at radius 1 is 1.57 bits per heavy atom. The number of benzene rings is 1. The Bertz CT molecular complexity index is 461. The molecule has 21 heavy (non-hydrogen) atoms. The molecule has 0 spiro atoms. The maximum atomic E-state index is 11.3. The minimum atomic E-state index is -0.0128. The van der Waals surface area contributed by atoms with Gasteiger partial charge in [-0.2, -0.15) is 0 Å². The molecule has 0 radical (unpaired) electrons. The Labute approximate surface area is 131 Å². The van der Waals surface area contributed by atoms with E-state index in [4.69, 9.17) is 16.3 Å². The van der Waals surface area contributed by atoms with Crippen LogP contribution in [0.4, 0.5) is 0 Å². The summed E-state index contributed by atoms with van der Waals surface area (Å²) in [5.74, 6) is 0.420. The van der Waals surface area contributed by atoms with Crippen LogP contribution in [0.5, 0.6) is 0 Å². The predicted molar refractivity (Wildman–Crippen MR) is 84.4 cm³/mol. The van der Waals surface area contributed by atoms with Gasteiger partial charge in [-0.3, -0.25) is 4.79 Å². The molecule has 5 heteroatoms. The van der Waals surface area contributed by atoms with Crippen LogP contribution >= 0.6 is 11.6 Å². The molecule has 0 saturated carbocycles. The average Bonchev–Trinajstić information content (AvgIpc) is 2.52. The molecule has 1 aromatic rings. The predicted octanol–water partition coefficient (Wildman–Crippen LogP) is 2.53. The molecule has 2 atom stereocenters. The smallest absolute Gasteiger partial charge is 0.222 e.